The van der Waals surface area contributed by atoms with Crippen molar-refractivity contribution in [2.45, 2.75) is 20.1 Å². The third-order valence-electron chi connectivity index (χ3n) is 5.18. The fourth-order valence-electron chi connectivity index (χ4n) is 4.03. The average molecular weight is 362 g/mol. The summed E-state index contributed by atoms with van der Waals surface area (Å²) in [6.07, 6.45) is 9.63. The molecule has 0 N–H and O–H groups in total. The molecule has 1 aliphatic heterocycles. The molecule has 3 aliphatic rings. The van der Waals surface area contributed by atoms with Crippen LogP contribution in [0.25, 0.3) is 12.2 Å². The normalized spacial score (nSPS) is 23.5. The Bertz CT molecular complexity index is 784. The topological polar surface area (TPSA) is 0 Å². The first-order chi connectivity index (χ1) is 10.9. The summed E-state index contributed by atoms with van der Waals surface area (Å²) < 4.78 is 5.05. The quantitative estimate of drug-likeness (QED) is 0.685. The Morgan fingerprint density at radius 2 is 1.23 bits per heavy atom. The zero-order chi connectivity index (χ0) is 14.5. The van der Waals surface area contributed by atoms with Gasteiger partial charge < -0.3 is 0 Å². The summed E-state index contributed by atoms with van der Waals surface area (Å²) in [5.41, 5.74) is 5.97. The first-order valence-corrected chi connectivity index (χ1v) is 12.9. The van der Waals surface area contributed by atoms with E-state index in [-0.39, 0.29) is 0 Å². The van der Waals surface area contributed by atoms with Crippen LogP contribution in [0.2, 0.25) is 8.26 Å². The Morgan fingerprint density at radius 3 is 1.73 bits per heavy atom. The van der Waals surface area contributed by atoms with E-state index in [0.717, 1.165) is 0 Å². The van der Waals surface area contributed by atoms with E-state index in [1.165, 1.54) is 11.1 Å². The summed E-state index contributed by atoms with van der Waals surface area (Å²) in [6.45, 7) is 0. The van der Waals surface area contributed by atoms with Gasteiger partial charge in [-0.2, -0.15) is 0 Å². The molecule has 5 rings (SSSR count). The standard InChI is InChI=1S/C19H14.C2H4.Zr/c1-3-7-18-14(5-1)9-11-16(18)13-17-12-10-15-6-2-4-8-19(15)17;1-2;/h1-12,16-17H;1-2H2;. The molecular weight excluding hydrogens is 343 g/mol. The molecule has 2 unspecified atom stereocenters. The summed E-state index contributed by atoms with van der Waals surface area (Å²) in [5, 5.41) is 0. The van der Waals surface area contributed by atoms with Crippen LogP contribution in [0.4, 0.5) is 0 Å². The predicted molar refractivity (Wildman–Crippen MR) is 91.1 cm³/mol. The van der Waals surface area contributed by atoms with Gasteiger partial charge in [0.1, 0.15) is 0 Å². The number of allylic oxidation sites excluding steroid dienone is 2. The number of rotatable bonds is 2. The molecule has 1 heteroatoms. The van der Waals surface area contributed by atoms with Gasteiger partial charge in [-0.1, -0.05) is 0 Å². The number of fused-ring (bicyclic) bond motifs is 2. The van der Waals surface area contributed by atoms with Gasteiger partial charge in [0.25, 0.3) is 0 Å². The molecule has 0 radical (unpaired) electrons. The summed E-state index contributed by atoms with van der Waals surface area (Å²) in [7, 11) is 0. The Labute approximate surface area is 139 Å². The van der Waals surface area contributed by atoms with Gasteiger partial charge in [-0.25, -0.2) is 0 Å². The second-order valence-corrected chi connectivity index (χ2v) is 13.3. The molecule has 0 amide bonds. The van der Waals surface area contributed by atoms with Crippen LogP contribution in [-0.2, 0) is 21.3 Å². The molecule has 0 aromatic heterocycles. The molecule has 0 nitrogen and oxygen atoms in total. The van der Waals surface area contributed by atoms with Gasteiger partial charge >= 0.3 is 140 Å². The average Bonchev–Trinajstić information content (AvgIpc) is 3.17. The third-order valence-corrected chi connectivity index (χ3v) is 11.2. The molecule has 106 valence electrons. The van der Waals surface area contributed by atoms with Crippen molar-refractivity contribution in [3.05, 3.63) is 82.9 Å². The fraction of sp³-hybridized carbons (Fsp3) is 0.190. The molecule has 1 heterocycles. The molecule has 2 aliphatic carbocycles. The van der Waals surface area contributed by atoms with Crippen molar-refractivity contribution >= 4 is 15.4 Å². The second kappa shape index (κ2) is 5.10. The van der Waals surface area contributed by atoms with Crippen molar-refractivity contribution in [1.29, 1.82) is 0 Å². The summed E-state index contributed by atoms with van der Waals surface area (Å²) in [4.78, 5) is 0. The minimum absolute atomic E-state index is 0.592. The SMILES string of the molecule is C1=CC([C](C2C=Cc3ccccc32)=[Zr]2[CH2][CH2]2)c2ccccc21. The van der Waals surface area contributed by atoms with Crippen LogP contribution in [0.5, 0.6) is 0 Å². The van der Waals surface area contributed by atoms with E-state index in [2.05, 4.69) is 72.8 Å². The van der Waals surface area contributed by atoms with Crippen molar-refractivity contribution < 1.29 is 21.3 Å². The van der Waals surface area contributed by atoms with E-state index in [1.54, 1.807) is 19.4 Å². The van der Waals surface area contributed by atoms with Gasteiger partial charge in [0.05, 0.1) is 0 Å². The monoisotopic (exact) mass is 360 g/mol. The maximum absolute atomic E-state index is 2.47. The van der Waals surface area contributed by atoms with Gasteiger partial charge in [0, 0.05) is 0 Å². The molecule has 2 atom stereocenters. The van der Waals surface area contributed by atoms with E-state index in [9.17, 15) is 0 Å². The summed E-state index contributed by atoms with van der Waals surface area (Å²) in [6, 6.07) is 18.0. The van der Waals surface area contributed by atoms with Crippen molar-refractivity contribution in [3.63, 3.8) is 0 Å². The first-order valence-electron chi connectivity index (χ1n) is 8.18. The molecular formula is C21H18Zr. The Hall–Kier alpha value is -1.33. The fourth-order valence-corrected chi connectivity index (χ4v) is 11.0. The van der Waals surface area contributed by atoms with Crippen molar-refractivity contribution in [2.24, 2.45) is 0 Å². The molecule has 1 saturated heterocycles. The Balaban J connectivity index is 1.63. The van der Waals surface area contributed by atoms with E-state index in [0.29, 0.717) is 11.8 Å². The van der Waals surface area contributed by atoms with Crippen LogP contribution in [-0.4, -0.2) is 3.21 Å². The molecule has 0 spiro atoms. The van der Waals surface area contributed by atoms with E-state index < -0.39 is 21.3 Å². The number of hydrogen-bond donors (Lipinski definition) is 0. The van der Waals surface area contributed by atoms with Crippen LogP contribution in [0.3, 0.4) is 0 Å². The van der Waals surface area contributed by atoms with Crippen molar-refractivity contribution in [2.75, 3.05) is 0 Å². The molecule has 2 aromatic rings. The van der Waals surface area contributed by atoms with Crippen LogP contribution < -0.4 is 0 Å². The van der Waals surface area contributed by atoms with Gasteiger partial charge in [-0.3, -0.25) is 0 Å². The predicted octanol–water partition coefficient (Wildman–Crippen LogP) is 5.25. The zero-order valence-corrected chi connectivity index (χ0v) is 15.0. The Kier molecular flexibility index (Phi) is 3.05. The Morgan fingerprint density at radius 1 is 0.727 bits per heavy atom. The molecule has 0 bridgehead atoms. The number of benzene rings is 2. The van der Waals surface area contributed by atoms with Gasteiger partial charge in [0.2, 0.25) is 0 Å². The van der Waals surface area contributed by atoms with Crippen LogP contribution in [0.1, 0.15) is 34.1 Å². The van der Waals surface area contributed by atoms with Crippen LogP contribution >= 0.6 is 0 Å². The van der Waals surface area contributed by atoms with E-state index in [1.807, 2.05) is 3.21 Å². The summed E-state index contributed by atoms with van der Waals surface area (Å²) >= 11 is -1.25. The maximum atomic E-state index is 2.47. The molecule has 0 saturated carbocycles. The van der Waals surface area contributed by atoms with Crippen LogP contribution in [0.15, 0.2) is 60.7 Å². The second-order valence-electron chi connectivity index (χ2n) is 6.49. The first kappa shape index (κ1) is 13.1. The van der Waals surface area contributed by atoms with Crippen molar-refractivity contribution in [1.82, 2.24) is 0 Å². The van der Waals surface area contributed by atoms with E-state index >= 15 is 0 Å². The molecule has 2 aromatic carbocycles. The summed E-state index contributed by atoms with van der Waals surface area (Å²) in [5.74, 6) is 1.18. The zero-order valence-electron chi connectivity index (χ0n) is 12.5. The van der Waals surface area contributed by atoms with Gasteiger partial charge in [-0.05, 0) is 0 Å². The molecule has 22 heavy (non-hydrogen) atoms. The minimum atomic E-state index is -1.25. The molecule has 1 fully saturated rings. The van der Waals surface area contributed by atoms with E-state index in [4.69, 9.17) is 0 Å². The van der Waals surface area contributed by atoms with Gasteiger partial charge in [0.15, 0.2) is 0 Å². The van der Waals surface area contributed by atoms with Gasteiger partial charge in [-0.15, -0.1) is 0 Å². The van der Waals surface area contributed by atoms with Crippen LogP contribution in [0, 0.1) is 0 Å². The third kappa shape index (κ3) is 2.02. The number of hydrogen-bond acceptors (Lipinski definition) is 0. The van der Waals surface area contributed by atoms with Crippen molar-refractivity contribution in [3.8, 4) is 0 Å².